The van der Waals surface area contributed by atoms with Crippen LogP contribution >= 0.6 is 0 Å². The highest BCUT2D eigenvalue weighted by Crippen LogP contribution is 2.37. The molecule has 7 N–H and O–H groups in total. The molecule has 7 unspecified atom stereocenters. The van der Waals surface area contributed by atoms with Gasteiger partial charge in [0.05, 0.1) is 23.9 Å². The van der Waals surface area contributed by atoms with Crippen molar-refractivity contribution in [2.45, 2.75) is 114 Å². The molecule has 0 radical (unpaired) electrons. The van der Waals surface area contributed by atoms with Crippen molar-refractivity contribution in [3.8, 4) is 0 Å². The van der Waals surface area contributed by atoms with Crippen LogP contribution in [0, 0.1) is 5.92 Å². The zero-order valence-electron chi connectivity index (χ0n) is 18.8. The lowest BCUT2D eigenvalue weighted by Gasteiger charge is -2.44. The maximum absolute atomic E-state index is 10.7. The van der Waals surface area contributed by atoms with Gasteiger partial charge < -0.3 is 54.7 Å². The number of aliphatic hydroxyl groups excluding tert-OH is 7. The van der Waals surface area contributed by atoms with Crippen molar-refractivity contribution in [3.63, 3.8) is 0 Å². The molecule has 2 saturated heterocycles. The quantitative estimate of drug-likeness (QED) is 0.212. The van der Waals surface area contributed by atoms with Crippen molar-refractivity contribution < 1.29 is 54.7 Å². The third kappa shape index (κ3) is 5.39. The van der Waals surface area contributed by atoms with Gasteiger partial charge in [-0.15, -0.1) is 0 Å². The highest BCUT2D eigenvalue weighted by Gasteiger charge is 2.58. The molecule has 0 bridgehead atoms. The Labute approximate surface area is 182 Å². The Morgan fingerprint density at radius 2 is 1.48 bits per heavy atom. The van der Waals surface area contributed by atoms with Gasteiger partial charge in [-0.25, -0.2) is 0 Å². The Hall–Kier alpha value is -0.440. The molecule has 2 fully saturated rings. The number of aliphatic hydroxyl groups is 7. The molecule has 11 nitrogen and oxygen atoms in total. The van der Waals surface area contributed by atoms with E-state index in [0.717, 1.165) is 0 Å². The fraction of sp³-hybridized carbons (Fsp3) is 1.00. The van der Waals surface area contributed by atoms with Crippen LogP contribution in [0.5, 0.6) is 0 Å². The average molecular weight is 455 g/mol. The zero-order chi connectivity index (χ0) is 23.9. The summed E-state index contributed by atoms with van der Waals surface area (Å²) in [6.45, 7) is 9.00. The summed E-state index contributed by atoms with van der Waals surface area (Å²) < 4.78 is 22.6. The number of hydrogen-bond donors (Lipinski definition) is 7. The lowest BCUT2D eigenvalue weighted by molar-refractivity contribution is -0.386. The van der Waals surface area contributed by atoms with Gasteiger partial charge in [0, 0.05) is 0 Å². The van der Waals surface area contributed by atoms with E-state index in [0.29, 0.717) is 0 Å². The Bertz CT molecular complexity index is 587. The molecule has 2 rings (SSSR count). The molecule has 2 heterocycles. The number of hydrogen-bond acceptors (Lipinski definition) is 11. The molecular formula is C20H38O11. The molecule has 0 saturated carbocycles. The molecule has 2 aliphatic heterocycles. The van der Waals surface area contributed by atoms with Crippen LogP contribution in [0.1, 0.15) is 41.5 Å². The van der Waals surface area contributed by atoms with E-state index < -0.39 is 79.2 Å². The van der Waals surface area contributed by atoms with Gasteiger partial charge in [0.1, 0.15) is 43.2 Å². The van der Waals surface area contributed by atoms with E-state index >= 15 is 0 Å². The fourth-order valence-corrected chi connectivity index (χ4v) is 3.68. The summed E-state index contributed by atoms with van der Waals surface area (Å²) in [7, 11) is 0. The van der Waals surface area contributed by atoms with Crippen LogP contribution < -0.4 is 0 Å². The van der Waals surface area contributed by atoms with Crippen LogP contribution in [0.25, 0.3) is 0 Å². The first-order chi connectivity index (χ1) is 14.1. The highest BCUT2D eigenvalue weighted by molar-refractivity contribution is 4.98. The summed E-state index contributed by atoms with van der Waals surface area (Å²) >= 11 is 0. The van der Waals surface area contributed by atoms with Gasteiger partial charge in [-0.2, -0.15) is 0 Å². The Balaban J connectivity index is 2.24. The molecule has 11 heteroatoms. The molecule has 0 aliphatic carbocycles. The van der Waals surface area contributed by atoms with Crippen molar-refractivity contribution in [2.75, 3.05) is 6.61 Å². The second kappa shape index (κ2) is 9.82. The van der Waals surface area contributed by atoms with Crippen molar-refractivity contribution in [2.24, 2.45) is 5.92 Å². The fourth-order valence-electron chi connectivity index (χ4n) is 3.68. The monoisotopic (exact) mass is 454 g/mol. The Kier molecular flexibility index (Phi) is 8.49. The lowest BCUT2D eigenvalue weighted by atomic mass is 9.90. The van der Waals surface area contributed by atoms with Gasteiger partial charge >= 0.3 is 0 Å². The normalized spacial score (nSPS) is 43.9. The van der Waals surface area contributed by atoms with Gasteiger partial charge in [-0.1, -0.05) is 13.8 Å². The minimum Gasteiger partial charge on any atom is -0.390 e. The second-order valence-electron chi connectivity index (χ2n) is 9.44. The van der Waals surface area contributed by atoms with Gasteiger partial charge in [0.2, 0.25) is 5.79 Å². The Morgan fingerprint density at radius 3 is 1.97 bits per heavy atom. The van der Waals surface area contributed by atoms with E-state index in [9.17, 15) is 35.7 Å². The minimum atomic E-state index is -2.02. The van der Waals surface area contributed by atoms with E-state index in [1.54, 1.807) is 13.8 Å². The minimum absolute atomic E-state index is 0.251. The summed E-state index contributed by atoms with van der Waals surface area (Å²) in [4.78, 5) is 0. The third-order valence-electron chi connectivity index (χ3n) is 6.13. The van der Waals surface area contributed by atoms with Crippen LogP contribution in [0.15, 0.2) is 0 Å². The highest BCUT2D eigenvalue weighted by atomic mass is 16.8. The molecular weight excluding hydrogens is 416 g/mol. The van der Waals surface area contributed by atoms with Crippen LogP contribution in [-0.4, -0.2) is 115 Å². The predicted molar refractivity (Wildman–Crippen MR) is 106 cm³/mol. The SMILES string of the molecule is CC(C)C(O)C(O)C(C)(C)OC[C@@]1(O[C@H]2OC(C)[C@@H](O)C(O)C2O)O[C@H](C)C(O)C1O. The van der Waals surface area contributed by atoms with Crippen molar-refractivity contribution in [1.82, 2.24) is 0 Å². The number of ether oxygens (including phenoxy) is 4. The zero-order valence-corrected chi connectivity index (χ0v) is 18.8. The average Bonchev–Trinajstić information content (AvgIpc) is 2.91. The molecule has 0 spiro atoms. The van der Waals surface area contributed by atoms with Crippen LogP contribution in [-0.2, 0) is 18.9 Å². The summed E-state index contributed by atoms with van der Waals surface area (Å²) in [5.74, 6) is -2.27. The molecule has 0 aromatic rings. The molecule has 0 aromatic heterocycles. The predicted octanol–water partition coefficient (Wildman–Crippen LogP) is -2.16. The topological polar surface area (TPSA) is 179 Å². The maximum atomic E-state index is 10.7. The molecule has 31 heavy (non-hydrogen) atoms. The van der Waals surface area contributed by atoms with Gasteiger partial charge in [-0.05, 0) is 33.6 Å². The second-order valence-corrected chi connectivity index (χ2v) is 9.44. The van der Waals surface area contributed by atoms with Crippen molar-refractivity contribution in [3.05, 3.63) is 0 Å². The van der Waals surface area contributed by atoms with Crippen LogP contribution in [0.4, 0.5) is 0 Å². The summed E-state index contributed by atoms with van der Waals surface area (Å²) in [6, 6.07) is 0. The van der Waals surface area contributed by atoms with Gasteiger partial charge in [0.25, 0.3) is 0 Å². The van der Waals surface area contributed by atoms with Crippen LogP contribution in [0.3, 0.4) is 0 Å². The van der Waals surface area contributed by atoms with Crippen molar-refractivity contribution >= 4 is 0 Å². The maximum Gasteiger partial charge on any atom is 0.224 e. The van der Waals surface area contributed by atoms with Crippen molar-refractivity contribution in [1.29, 1.82) is 0 Å². The summed E-state index contributed by atoms with van der Waals surface area (Å²) in [5.41, 5.74) is -1.31. The number of rotatable bonds is 8. The Morgan fingerprint density at radius 1 is 0.903 bits per heavy atom. The van der Waals surface area contributed by atoms with E-state index in [2.05, 4.69) is 0 Å². The smallest absolute Gasteiger partial charge is 0.224 e. The van der Waals surface area contributed by atoms with E-state index in [1.165, 1.54) is 27.7 Å². The van der Waals surface area contributed by atoms with E-state index in [4.69, 9.17) is 18.9 Å². The summed E-state index contributed by atoms with van der Waals surface area (Å²) in [5, 5.41) is 71.9. The molecule has 184 valence electrons. The van der Waals surface area contributed by atoms with Gasteiger partial charge in [-0.3, -0.25) is 0 Å². The standard InChI is InChI=1S/C20H38O11/c1-8(2)11(21)16(26)19(5,6)28-7-20(17(27)13(23)10(4)30-20)31-18-15(25)14(24)12(22)9(3)29-18/h8-18,21-27H,7H2,1-6H3/t9?,10-,11?,12-,13?,14?,15?,16?,17?,18-,20+/m1/s1. The largest absolute Gasteiger partial charge is 0.390 e. The first-order valence-electron chi connectivity index (χ1n) is 10.6. The first-order valence-corrected chi connectivity index (χ1v) is 10.6. The first kappa shape index (κ1) is 26.8. The lowest BCUT2D eigenvalue weighted by Crippen LogP contribution is -2.62. The van der Waals surface area contributed by atoms with Crippen LogP contribution in [0.2, 0.25) is 0 Å². The van der Waals surface area contributed by atoms with Gasteiger partial charge in [0.15, 0.2) is 6.29 Å². The molecule has 0 amide bonds. The summed E-state index contributed by atoms with van der Waals surface area (Å²) in [6.07, 6.45) is -13.3. The van der Waals surface area contributed by atoms with E-state index in [-0.39, 0.29) is 5.92 Å². The molecule has 11 atom stereocenters. The molecule has 0 aromatic carbocycles. The third-order valence-corrected chi connectivity index (χ3v) is 6.13. The molecule has 2 aliphatic rings. The van der Waals surface area contributed by atoms with E-state index in [1.807, 2.05) is 0 Å².